The van der Waals surface area contributed by atoms with Gasteiger partial charge in [0.05, 0.1) is 24.7 Å². The summed E-state index contributed by atoms with van der Waals surface area (Å²) in [6, 6.07) is 6.09. The highest BCUT2D eigenvalue weighted by atomic mass is 19.4. The van der Waals surface area contributed by atoms with Crippen molar-refractivity contribution < 1.29 is 37.0 Å². The van der Waals surface area contributed by atoms with Gasteiger partial charge in [-0.3, -0.25) is 9.69 Å². The van der Waals surface area contributed by atoms with E-state index in [0.29, 0.717) is 11.7 Å². The van der Waals surface area contributed by atoms with Gasteiger partial charge >= 0.3 is 12.1 Å². The highest BCUT2D eigenvalue weighted by Gasteiger charge is 2.44. The van der Waals surface area contributed by atoms with Gasteiger partial charge in [-0.1, -0.05) is 0 Å². The molecule has 31 heavy (non-hydrogen) atoms. The van der Waals surface area contributed by atoms with Gasteiger partial charge in [0, 0.05) is 44.5 Å². The Balaban J connectivity index is 0.000000339. The van der Waals surface area contributed by atoms with E-state index in [0.717, 1.165) is 38.1 Å². The summed E-state index contributed by atoms with van der Waals surface area (Å²) in [5.74, 6) is -2.79. The molecule has 2 fully saturated rings. The number of alkyl halides is 3. The van der Waals surface area contributed by atoms with Crippen molar-refractivity contribution in [3.63, 3.8) is 0 Å². The van der Waals surface area contributed by atoms with E-state index in [1.165, 1.54) is 0 Å². The van der Waals surface area contributed by atoms with Crippen LogP contribution in [0.2, 0.25) is 0 Å². The molecule has 2 aliphatic rings. The van der Waals surface area contributed by atoms with Crippen LogP contribution in [-0.2, 0) is 23.1 Å². The molecule has 4 heterocycles. The number of carbonyl (C=O) groups excluding carboxylic acids is 1. The molecule has 0 radical (unpaired) electrons. The van der Waals surface area contributed by atoms with Gasteiger partial charge < -0.3 is 24.1 Å². The van der Waals surface area contributed by atoms with Crippen molar-refractivity contribution in [2.45, 2.75) is 43.8 Å². The van der Waals surface area contributed by atoms with Crippen LogP contribution in [0, 0.1) is 0 Å². The Morgan fingerprint density at radius 2 is 2.06 bits per heavy atom. The van der Waals surface area contributed by atoms with E-state index in [-0.39, 0.29) is 18.1 Å². The summed E-state index contributed by atoms with van der Waals surface area (Å²) in [6.45, 7) is 2.41. The third-order valence-corrected chi connectivity index (χ3v) is 5.33. The maximum Gasteiger partial charge on any atom is 0.490 e. The lowest BCUT2D eigenvalue weighted by Crippen LogP contribution is -2.47. The molecule has 2 aliphatic heterocycles. The molecule has 3 atom stereocenters. The summed E-state index contributed by atoms with van der Waals surface area (Å²) in [5.41, 5.74) is 1.84. The van der Waals surface area contributed by atoms with E-state index < -0.39 is 12.1 Å². The first-order chi connectivity index (χ1) is 14.7. The number of rotatable bonds is 4. The predicted molar refractivity (Wildman–Crippen MR) is 102 cm³/mol. The number of ether oxygens (including phenoxy) is 1. The molecule has 2 N–H and O–H groups in total. The molecule has 11 heteroatoms. The Kier molecular flexibility index (Phi) is 7.06. The average Bonchev–Trinajstić information content (AvgIpc) is 3.44. The number of aryl methyl sites for hydroxylation is 1. The minimum atomic E-state index is -5.08. The van der Waals surface area contributed by atoms with E-state index in [4.69, 9.17) is 19.1 Å². The summed E-state index contributed by atoms with van der Waals surface area (Å²) >= 11 is 0. The minimum absolute atomic E-state index is 0.0181. The summed E-state index contributed by atoms with van der Waals surface area (Å²) in [6.07, 6.45) is 2.54. The zero-order valence-electron chi connectivity index (χ0n) is 16.8. The number of carboxylic acids is 1. The molecule has 2 saturated heterocycles. The monoisotopic (exact) mass is 443 g/mol. The van der Waals surface area contributed by atoms with Gasteiger partial charge in [0.25, 0.3) is 5.91 Å². The van der Waals surface area contributed by atoms with E-state index >= 15 is 0 Å². The average molecular weight is 443 g/mol. The maximum atomic E-state index is 12.6. The zero-order valence-corrected chi connectivity index (χ0v) is 16.8. The molecule has 1 amide bonds. The lowest BCUT2D eigenvalue weighted by atomic mass is 10.0. The number of carbonyl (C=O) groups is 2. The van der Waals surface area contributed by atoms with Crippen LogP contribution in [0.1, 0.15) is 28.9 Å². The second-order valence-corrected chi connectivity index (χ2v) is 7.49. The lowest BCUT2D eigenvalue weighted by Gasteiger charge is -2.32. The van der Waals surface area contributed by atoms with Gasteiger partial charge in [-0.2, -0.15) is 13.2 Å². The van der Waals surface area contributed by atoms with Crippen molar-refractivity contribution in [2.24, 2.45) is 7.05 Å². The molecular weight excluding hydrogens is 419 g/mol. The Bertz CT molecular complexity index is 881. The number of nitrogens with one attached hydrogen (secondary N) is 1. The van der Waals surface area contributed by atoms with E-state index in [9.17, 15) is 18.0 Å². The smallest absolute Gasteiger partial charge is 0.475 e. The third-order valence-electron chi connectivity index (χ3n) is 5.33. The van der Waals surface area contributed by atoms with Crippen LogP contribution in [0.4, 0.5) is 13.2 Å². The van der Waals surface area contributed by atoms with Crippen LogP contribution in [0.3, 0.4) is 0 Å². The lowest BCUT2D eigenvalue weighted by molar-refractivity contribution is -0.192. The quantitative estimate of drug-likeness (QED) is 0.754. The number of aromatic nitrogens is 1. The van der Waals surface area contributed by atoms with Crippen LogP contribution in [0.25, 0.3) is 0 Å². The Morgan fingerprint density at radius 1 is 1.32 bits per heavy atom. The molecule has 170 valence electrons. The molecular formula is C20H24F3N3O5. The largest absolute Gasteiger partial charge is 0.490 e. The van der Waals surface area contributed by atoms with Crippen molar-refractivity contribution in [3.05, 3.63) is 48.2 Å². The fraction of sp³-hybridized carbons (Fsp3) is 0.500. The fourth-order valence-corrected chi connectivity index (χ4v) is 3.92. The topological polar surface area (TPSA) is 96.9 Å². The second-order valence-electron chi connectivity index (χ2n) is 7.49. The molecule has 0 spiro atoms. The fourth-order valence-electron chi connectivity index (χ4n) is 3.92. The van der Waals surface area contributed by atoms with Crippen LogP contribution in [-0.4, -0.2) is 64.0 Å². The molecule has 2 aromatic heterocycles. The first-order valence-corrected chi connectivity index (χ1v) is 9.76. The number of halogens is 3. The van der Waals surface area contributed by atoms with E-state index in [2.05, 4.69) is 10.2 Å². The van der Waals surface area contributed by atoms with Crippen LogP contribution < -0.4 is 5.32 Å². The van der Waals surface area contributed by atoms with Gasteiger partial charge in [-0.25, -0.2) is 4.79 Å². The van der Waals surface area contributed by atoms with E-state index in [1.54, 1.807) is 12.5 Å². The molecule has 0 unspecified atom stereocenters. The third kappa shape index (κ3) is 5.67. The molecule has 8 nitrogen and oxygen atoms in total. The normalized spacial score (nSPS) is 23.5. The first-order valence-electron chi connectivity index (χ1n) is 9.76. The number of fused-ring (bicyclic) bond motifs is 1. The number of carboxylic acid groups (broad SMARTS) is 1. The SMILES string of the molecule is Cn1cccc1C(=O)N[C@@H]1CN(Cc2ccoc2)[C@@H]2CCCO[C@@H]21.O=C(O)C(F)(F)F. The Morgan fingerprint density at radius 3 is 2.65 bits per heavy atom. The van der Waals surface area contributed by atoms with Crippen LogP contribution >= 0.6 is 0 Å². The minimum Gasteiger partial charge on any atom is -0.475 e. The van der Waals surface area contributed by atoms with Crippen LogP contribution in [0.15, 0.2) is 41.3 Å². The number of hydrogen-bond donors (Lipinski definition) is 2. The van der Waals surface area contributed by atoms with Crippen molar-refractivity contribution in [3.8, 4) is 0 Å². The maximum absolute atomic E-state index is 12.6. The van der Waals surface area contributed by atoms with Crippen LogP contribution in [0.5, 0.6) is 0 Å². The number of amides is 1. The molecule has 4 rings (SSSR count). The number of furan rings is 1. The van der Waals surface area contributed by atoms with E-state index in [1.807, 2.05) is 36.0 Å². The number of aliphatic carboxylic acids is 1. The van der Waals surface area contributed by atoms with Gasteiger partial charge in [0.1, 0.15) is 5.69 Å². The van der Waals surface area contributed by atoms with Crippen molar-refractivity contribution >= 4 is 11.9 Å². The molecule has 0 bridgehead atoms. The highest BCUT2D eigenvalue weighted by molar-refractivity contribution is 5.93. The number of nitrogens with zero attached hydrogens (tertiary/aromatic N) is 2. The molecule has 0 aromatic carbocycles. The molecule has 0 saturated carbocycles. The second kappa shape index (κ2) is 9.56. The number of likely N-dealkylation sites (tertiary alicyclic amines) is 1. The summed E-state index contributed by atoms with van der Waals surface area (Å²) in [7, 11) is 1.88. The summed E-state index contributed by atoms with van der Waals surface area (Å²) in [4.78, 5) is 23.9. The van der Waals surface area contributed by atoms with Gasteiger partial charge in [-0.05, 0) is 31.0 Å². The highest BCUT2D eigenvalue weighted by Crippen LogP contribution is 2.30. The molecule has 0 aliphatic carbocycles. The summed E-state index contributed by atoms with van der Waals surface area (Å²) < 4.78 is 44.8. The molecule has 2 aromatic rings. The summed E-state index contributed by atoms with van der Waals surface area (Å²) in [5, 5.41) is 10.3. The van der Waals surface area contributed by atoms with Crippen molar-refractivity contribution in [2.75, 3.05) is 13.2 Å². The van der Waals surface area contributed by atoms with Gasteiger partial charge in [-0.15, -0.1) is 0 Å². The number of hydrogen-bond acceptors (Lipinski definition) is 5. The Labute approximate surface area is 176 Å². The predicted octanol–water partition coefficient (Wildman–Crippen LogP) is 2.41. The standard InChI is InChI=1S/C18H23N3O3.C2HF3O2/c1-20-7-2-4-16(20)18(22)19-14-11-21(10-13-6-9-23-12-13)15-5-3-8-24-17(14)15;3-2(4,5)1(6)7/h2,4,6-7,9,12,14-15,17H,3,5,8,10-11H2,1H3,(H,19,22);(H,6,7)/t14-,15-,17-;/m1./s1. The first kappa shape index (κ1) is 22.9. The van der Waals surface area contributed by atoms with Crippen molar-refractivity contribution in [1.82, 2.24) is 14.8 Å². The Hall–Kier alpha value is -2.79. The van der Waals surface area contributed by atoms with Crippen molar-refractivity contribution in [1.29, 1.82) is 0 Å². The van der Waals surface area contributed by atoms with Gasteiger partial charge in [0.15, 0.2) is 0 Å². The zero-order chi connectivity index (χ0) is 22.6. The van der Waals surface area contributed by atoms with Gasteiger partial charge in [0.2, 0.25) is 0 Å².